The van der Waals surface area contributed by atoms with Crippen LogP contribution in [0.1, 0.15) is 29.1 Å². The summed E-state index contributed by atoms with van der Waals surface area (Å²) in [6.45, 7) is 5.35. The van der Waals surface area contributed by atoms with Crippen LogP contribution in [0.3, 0.4) is 0 Å². The molecule has 1 fully saturated rings. The Bertz CT molecular complexity index is 908. The molecule has 1 aliphatic carbocycles. The van der Waals surface area contributed by atoms with Gasteiger partial charge < -0.3 is 10.1 Å². The summed E-state index contributed by atoms with van der Waals surface area (Å²) in [7, 11) is 0. The number of carbonyl (C=O) groups is 3. The normalized spacial score (nSPS) is 13.4. The maximum absolute atomic E-state index is 11.9. The van der Waals surface area contributed by atoms with Crippen LogP contribution in [0.2, 0.25) is 0 Å². The number of thiophene rings is 1. The minimum Gasteiger partial charge on any atom is -0.455 e. The number of aryl methyl sites for hydroxylation is 3. The van der Waals surface area contributed by atoms with Gasteiger partial charge in [-0.2, -0.15) is 0 Å². The molecule has 1 aliphatic rings. The number of ether oxygens (including phenoxy) is 1. The quantitative estimate of drug-likeness (QED) is 0.428. The van der Waals surface area contributed by atoms with E-state index in [-0.39, 0.29) is 11.8 Å². The molecule has 0 unspecified atom stereocenters. The third-order valence-electron chi connectivity index (χ3n) is 3.96. The maximum atomic E-state index is 11.9. The Balaban J connectivity index is 1.51. The number of amides is 3. The van der Waals surface area contributed by atoms with E-state index in [2.05, 4.69) is 20.6 Å². The minimum absolute atomic E-state index is 0.0153. The molecule has 0 spiro atoms. The van der Waals surface area contributed by atoms with E-state index in [1.165, 1.54) is 11.8 Å². The third kappa shape index (κ3) is 5.16. The highest BCUT2D eigenvalue weighted by Crippen LogP contribution is 2.35. The summed E-state index contributed by atoms with van der Waals surface area (Å²) in [6, 6.07) is -0.413. The van der Waals surface area contributed by atoms with Crippen molar-refractivity contribution in [1.29, 1.82) is 0 Å². The molecule has 0 atom stereocenters. The molecule has 2 N–H and O–H groups in total. The number of esters is 1. The van der Waals surface area contributed by atoms with Crippen molar-refractivity contribution in [3.8, 4) is 0 Å². The second-order valence-corrected chi connectivity index (χ2v) is 8.45. The van der Waals surface area contributed by atoms with Crippen molar-refractivity contribution >= 4 is 51.2 Å². The average molecular weight is 409 g/mol. The summed E-state index contributed by atoms with van der Waals surface area (Å²) in [5, 5.41) is 6.43. The van der Waals surface area contributed by atoms with E-state index >= 15 is 0 Å². The molecular formula is C17H20N4O4S2. The molecule has 1 saturated carbocycles. The van der Waals surface area contributed by atoms with Crippen LogP contribution in [0, 0.1) is 20.8 Å². The lowest BCUT2D eigenvalue weighted by molar-refractivity contribution is -0.145. The fourth-order valence-electron chi connectivity index (χ4n) is 2.35. The van der Waals surface area contributed by atoms with Gasteiger partial charge in [0.15, 0.2) is 6.61 Å². The predicted octanol–water partition coefficient (Wildman–Crippen LogP) is 2.24. The molecule has 27 heavy (non-hydrogen) atoms. The van der Waals surface area contributed by atoms with Crippen molar-refractivity contribution in [3.05, 3.63) is 16.3 Å². The van der Waals surface area contributed by atoms with Crippen molar-refractivity contribution in [2.45, 2.75) is 44.7 Å². The van der Waals surface area contributed by atoms with Crippen LogP contribution < -0.4 is 10.6 Å². The van der Waals surface area contributed by atoms with Crippen LogP contribution in [0.4, 0.5) is 4.79 Å². The van der Waals surface area contributed by atoms with Crippen molar-refractivity contribution in [2.24, 2.45) is 0 Å². The number of hydrogen-bond acceptors (Lipinski definition) is 8. The van der Waals surface area contributed by atoms with Crippen molar-refractivity contribution in [3.63, 3.8) is 0 Å². The second-order valence-electron chi connectivity index (χ2n) is 6.28. The number of imide groups is 1. The summed E-state index contributed by atoms with van der Waals surface area (Å²) >= 11 is 2.85. The number of aromatic nitrogens is 2. The summed E-state index contributed by atoms with van der Waals surface area (Å²) in [4.78, 5) is 46.0. The predicted molar refractivity (Wildman–Crippen MR) is 103 cm³/mol. The first-order valence-corrected chi connectivity index (χ1v) is 10.3. The molecule has 0 saturated heterocycles. The van der Waals surface area contributed by atoms with Gasteiger partial charge >= 0.3 is 12.0 Å². The zero-order valence-corrected chi connectivity index (χ0v) is 16.9. The SMILES string of the molecule is Cc1nc(SCC(=O)OCC(=O)NC(=O)NC2CC2)c2c(C)c(C)sc2n1. The van der Waals surface area contributed by atoms with Crippen molar-refractivity contribution in [1.82, 2.24) is 20.6 Å². The van der Waals surface area contributed by atoms with Gasteiger partial charge in [-0.05, 0) is 39.2 Å². The van der Waals surface area contributed by atoms with E-state index in [1.54, 1.807) is 11.3 Å². The lowest BCUT2D eigenvalue weighted by Crippen LogP contribution is -2.42. The van der Waals surface area contributed by atoms with E-state index in [1.807, 2.05) is 20.8 Å². The molecule has 0 bridgehead atoms. The van der Waals surface area contributed by atoms with Gasteiger partial charge in [-0.15, -0.1) is 11.3 Å². The average Bonchev–Trinajstić information content (AvgIpc) is 3.35. The Hall–Kier alpha value is -2.20. The van der Waals surface area contributed by atoms with E-state index < -0.39 is 24.5 Å². The number of nitrogens with zero attached hydrogens (tertiary/aromatic N) is 2. The molecular weight excluding hydrogens is 388 g/mol. The van der Waals surface area contributed by atoms with Crippen molar-refractivity contribution in [2.75, 3.05) is 12.4 Å². The largest absolute Gasteiger partial charge is 0.455 e. The first kappa shape index (κ1) is 19.6. The van der Waals surface area contributed by atoms with E-state index in [4.69, 9.17) is 4.74 Å². The number of rotatable bonds is 6. The molecule has 144 valence electrons. The highest BCUT2D eigenvalue weighted by Gasteiger charge is 2.24. The van der Waals surface area contributed by atoms with Crippen LogP contribution in [0.25, 0.3) is 10.2 Å². The van der Waals surface area contributed by atoms with E-state index in [9.17, 15) is 14.4 Å². The highest BCUT2D eigenvalue weighted by molar-refractivity contribution is 8.00. The van der Waals surface area contributed by atoms with Crippen LogP contribution in [-0.4, -0.2) is 46.3 Å². The molecule has 0 radical (unpaired) electrons. The number of fused-ring (bicyclic) bond motifs is 1. The van der Waals surface area contributed by atoms with E-state index in [0.29, 0.717) is 5.82 Å². The summed E-state index contributed by atoms with van der Waals surface area (Å²) in [5.41, 5.74) is 1.10. The third-order valence-corrected chi connectivity index (χ3v) is 6.01. The summed E-state index contributed by atoms with van der Waals surface area (Å²) < 4.78 is 4.93. The van der Waals surface area contributed by atoms with Crippen molar-refractivity contribution < 1.29 is 19.1 Å². The number of urea groups is 1. The lowest BCUT2D eigenvalue weighted by Gasteiger charge is -2.07. The Morgan fingerprint density at radius 3 is 2.67 bits per heavy atom. The highest BCUT2D eigenvalue weighted by atomic mass is 32.2. The molecule has 8 nitrogen and oxygen atoms in total. The molecule has 3 amide bonds. The molecule has 0 aliphatic heterocycles. The number of nitrogens with one attached hydrogen (secondary N) is 2. The fraction of sp³-hybridized carbons (Fsp3) is 0.471. The van der Waals surface area contributed by atoms with Crippen LogP contribution >= 0.6 is 23.1 Å². The molecule has 10 heteroatoms. The Morgan fingerprint density at radius 2 is 1.96 bits per heavy atom. The van der Waals surface area contributed by atoms with Gasteiger partial charge in [0, 0.05) is 16.3 Å². The molecule has 3 rings (SSSR count). The van der Waals surface area contributed by atoms with Crippen LogP contribution in [0.5, 0.6) is 0 Å². The molecule has 2 aromatic heterocycles. The van der Waals surface area contributed by atoms with Gasteiger partial charge in [-0.3, -0.25) is 14.9 Å². The van der Waals surface area contributed by atoms with Gasteiger partial charge in [-0.1, -0.05) is 11.8 Å². The number of carbonyl (C=O) groups excluding carboxylic acids is 3. The van der Waals surface area contributed by atoms with E-state index in [0.717, 1.165) is 38.5 Å². The zero-order chi connectivity index (χ0) is 19.6. The second kappa shape index (κ2) is 8.22. The smallest absolute Gasteiger partial charge is 0.321 e. The fourth-order valence-corrected chi connectivity index (χ4v) is 4.41. The monoisotopic (exact) mass is 408 g/mol. The Labute approximate surface area is 164 Å². The Morgan fingerprint density at radius 1 is 1.22 bits per heavy atom. The standard InChI is InChI=1S/C17H20N4O4S2/c1-8-9(2)27-16-14(8)15(18-10(3)19-16)26-7-13(23)25-6-12(22)21-17(24)20-11-4-5-11/h11H,4-7H2,1-3H3,(H2,20,21,22,24). The zero-order valence-electron chi connectivity index (χ0n) is 15.2. The Kier molecular flexibility index (Phi) is 5.95. The lowest BCUT2D eigenvalue weighted by atomic mass is 10.2. The maximum Gasteiger partial charge on any atom is 0.321 e. The van der Waals surface area contributed by atoms with Gasteiger partial charge in [0.25, 0.3) is 5.91 Å². The summed E-state index contributed by atoms with van der Waals surface area (Å²) in [5.74, 6) is -0.551. The first-order valence-electron chi connectivity index (χ1n) is 8.46. The van der Waals surface area contributed by atoms with Gasteiger partial charge in [0.05, 0.1) is 5.75 Å². The van der Waals surface area contributed by atoms with Crippen LogP contribution in [-0.2, 0) is 14.3 Å². The first-order chi connectivity index (χ1) is 12.8. The molecule has 2 heterocycles. The van der Waals surface area contributed by atoms with Gasteiger partial charge in [0.2, 0.25) is 0 Å². The number of thioether (sulfide) groups is 1. The van der Waals surface area contributed by atoms with Gasteiger partial charge in [-0.25, -0.2) is 14.8 Å². The minimum atomic E-state index is -0.656. The van der Waals surface area contributed by atoms with Crippen LogP contribution in [0.15, 0.2) is 5.03 Å². The molecule has 2 aromatic rings. The summed E-state index contributed by atoms with van der Waals surface area (Å²) in [6.07, 6.45) is 1.85. The van der Waals surface area contributed by atoms with Gasteiger partial charge in [0.1, 0.15) is 15.7 Å². The molecule has 0 aromatic carbocycles. The topological polar surface area (TPSA) is 110 Å². The number of hydrogen-bond donors (Lipinski definition) is 2.